The Labute approximate surface area is 146 Å². The van der Waals surface area contributed by atoms with Crippen LogP contribution in [0.2, 0.25) is 0 Å². The van der Waals surface area contributed by atoms with E-state index in [9.17, 15) is 4.79 Å². The van der Waals surface area contributed by atoms with E-state index in [2.05, 4.69) is 20.6 Å². The van der Waals surface area contributed by atoms with Gasteiger partial charge in [0.15, 0.2) is 11.6 Å². The smallest absolute Gasteiger partial charge is 0.338 e. The number of aromatic nitrogens is 2. The summed E-state index contributed by atoms with van der Waals surface area (Å²) in [6.45, 7) is 4.60. The Hall–Kier alpha value is -2.87. The topological polar surface area (TPSA) is 111 Å². The van der Waals surface area contributed by atoms with E-state index in [0.29, 0.717) is 36.1 Å². The molecule has 0 aliphatic heterocycles. The summed E-state index contributed by atoms with van der Waals surface area (Å²) in [5, 5.41) is 6.29. The number of carbonyl (C=O) groups is 1. The number of nitrogens with two attached hydrogens (primary N) is 1. The largest absolute Gasteiger partial charge is 0.462 e. The van der Waals surface area contributed by atoms with Crippen LogP contribution in [-0.4, -0.2) is 42.3 Å². The van der Waals surface area contributed by atoms with Gasteiger partial charge in [-0.3, -0.25) is 0 Å². The van der Waals surface area contributed by atoms with Crippen molar-refractivity contribution >= 4 is 29.0 Å². The third-order valence-corrected chi connectivity index (χ3v) is 3.34. The minimum absolute atomic E-state index is 0.0545. The van der Waals surface area contributed by atoms with Crippen molar-refractivity contribution in [1.82, 2.24) is 9.97 Å². The second kappa shape index (κ2) is 8.84. The van der Waals surface area contributed by atoms with Gasteiger partial charge in [-0.05, 0) is 38.1 Å². The molecule has 8 heteroatoms. The molecule has 0 radical (unpaired) electrons. The lowest BCUT2D eigenvalue weighted by atomic mass is 10.2. The van der Waals surface area contributed by atoms with E-state index in [4.69, 9.17) is 15.2 Å². The maximum absolute atomic E-state index is 11.7. The zero-order valence-corrected chi connectivity index (χ0v) is 14.6. The molecule has 2 aromatic rings. The summed E-state index contributed by atoms with van der Waals surface area (Å²) < 4.78 is 10.0. The molecule has 25 heavy (non-hydrogen) atoms. The van der Waals surface area contributed by atoms with Crippen LogP contribution in [0.3, 0.4) is 0 Å². The molecule has 2 rings (SSSR count). The number of esters is 1. The molecule has 0 amide bonds. The fourth-order valence-electron chi connectivity index (χ4n) is 2.18. The molecule has 1 heterocycles. The number of methoxy groups -OCH3 is 1. The highest BCUT2D eigenvalue weighted by Crippen LogP contribution is 2.26. The maximum Gasteiger partial charge on any atom is 0.338 e. The van der Waals surface area contributed by atoms with Crippen molar-refractivity contribution < 1.29 is 14.3 Å². The first kappa shape index (κ1) is 18.5. The first-order valence-corrected chi connectivity index (χ1v) is 7.95. The molecule has 0 aliphatic carbocycles. The monoisotopic (exact) mass is 345 g/mol. The van der Waals surface area contributed by atoms with Gasteiger partial charge < -0.3 is 25.8 Å². The van der Waals surface area contributed by atoms with Crippen LogP contribution in [0.1, 0.15) is 24.2 Å². The molecular formula is C17H23N5O3. The van der Waals surface area contributed by atoms with Gasteiger partial charge in [0.25, 0.3) is 0 Å². The summed E-state index contributed by atoms with van der Waals surface area (Å²) in [5.41, 5.74) is 7.76. The van der Waals surface area contributed by atoms with E-state index >= 15 is 0 Å². The van der Waals surface area contributed by atoms with Crippen molar-refractivity contribution in [2.45, 2.75) is 19.9 Å². The van der Waals surface area contributed by atoms with Crippen molar-refractivity contribution in [2.24, 2.45) is 0 Å². The number of carbonyl (C=O) groups excluding carboxylic acids is 1. The Balaban J connectivity index is 2.11. The molecule has 0 saturated heterocycles. The van der Waals surface area contributed by atoms with Crippen LogP contribution in [0.5, 0.6) is 0 Å². The molecular weight excluding hydrogens is 322 g/mol. The van der Waals surface area contributed by atoms with Gasteiger partial charge in [0, 0.05) is 18.8 Å². The lowest BCUT2D eigenvalue weighted by molar-refractivity contribution is 0.0526. The van der Waals surface area contributed by atoms with E-state index in [1.807, 2.05) is 6.92 Å². The van der Waals surface area contributed by atoms with Gasteiger partial charge in [-0.15, -0.1) is 0 Å². The average molecular weight is 345 g/mol. The summed E-state index contributed by atoms with van der Waals surface area (Å²) in [7, 11) is 1.63. The van der Waals surface area contributed by atoms with Crippen LogP contribution >= 0.6 is 0 Å². The van der Waals surface area contributed by atoms with Gasteiger partial charge in [0.05, 0.1) is 18.8 Å². The SMILES string of the molecule is CCOC(=O)c1ccc(Nc2ncnc(NC(C)COC)c2N)cc1. The average Bonchev–Trinajstić information content (AvgIpc) is 2.59. The van der Waals surface area contributed by atoms with Gasteiger partial charge in [-0.2, -0.15) is 0 Å². The number of ether oxygens (including phenoxy) is 2. The van der Waals surface area contributed by atoms with Gasteiger partial charge >= 0.3 is 5.97 Å². The number of hydrogen-bond acceptors (Lipinski definition) is 8. The number of rotatable bonds is 8. The van der Waals surface area contributed by atoms with Crippen LogP contribution in [-0.2, 0) is 9.47 Å². The van der Waals surface area contributed by atoms with Crippen LogP contribution in [0, 0.1) is 0 Å². The molecule has 134 valence electrons. The number of nitrogens with one attached hydrogen (secondary N) is 2. The first-order chi connectivity index (χ1) is 12.0. The fraction of sp³-hybridized carbons (Fsp3) is 0.353. The molecule has 4 N–H and O–H groups in total. The second-order valence-corrected chi connectivity index (χ2v) is 5.41. The number of nitrogen functional groups attached to an aromatic ring is 1. The highest BCUT2D eigenvalue weighted by molar-refractivity contribution is 5.90. The van der Waals surface area contributed by atoms with Gasteiger partial charge in [0.1, 0.15) is 12.0 Å². The maximum atomic E-state index is 11.7. The lowest BCUT2D eigenvalue weighted by Crippen LogP contribution is -2.22. The van der Waals surface area contributed by atoms with Crippen molar-refractivity contribution in [2.75, 3.05) is 36.7 Å². The quantitative estimate of drug-likeness (QED) is 0.626. The van der Waals surface area contributed by atoms with Crippen LogP contribution in [0.4, 0.5) is 23.0 Å². The number of benzene rings is 1. The van der Waals surface area contributed by atoms with Crippen LogP contribution in [0.25, 0.3) is 0 Å². The molecule has 0 aliphatic rings. The molecule has 1 aromatic heterocycles. The Bertz CT molecular complexity index is 706. The molecule has 0 saturated carbocycles. The lowest BCUT2D eigenvalue weighted by Gasteiger charge is -2.16. The highest BCUT2D eigenvalue weighted by Gasteiger charge is 2.11. The molecule has 0 bridgehead atoms. The molecule has 1 atom stereocenters. The standard InChI is InChI=1S/C17H23N5O3/c1-4-25-17(23)12-5-7-13(8-6-12)22-16-14(18)15(19-10-20-16)21-11(2)9-24-3/h5-8,10-11H,4,9,18H2,1-3H3,(H2,19,20,21,22). The predicted octanol–water partition coefficient (Wildman–Crippen LogP) is 2.43. The van der Waals surface area contributed by atoms with Gasteiger partial charge in [-0.1, -0.05) is 0 Å². The summed E-state index contributed by atoms with van der Waals surface area (Å²) in [6, 6.07) is 6.93. The second-order valence-electron chi connectivity index (χ2n) is 5.41. The molecule has 1 unspecified atom stereocenters. The number of hydrogen-bond donors (Lipinski definition) is 3. The summed E-state index contributed by atoms with van der Waals surface area (Å²) in [5.74, 6) is 0.658. The van der Waals surface area contributed by atoms with Gasteiger partial charge in [0.2, 0.25) is 0 Å². The summed E-state index contributed by atoms with van der Waals surface area (Å²) >= 11 is 0. The molecule has 8 nitrogen and oxygen atoms in total. The van der Waals surface area contributed by atoms with Crippen molar-refractivity contribution in [1.29, 1.82) is 0 Å². The number of nitrogens with zero attached hydrogens (tertiary/aromatic N) is 2. The fourth-order valence-corrected chi connectivity index (χ4v) is 2.18. The van der Waals surface area contributed by atoms with Crippen molar-refractivity contribution in [3.63, 3.8) is 0 Å². The highest BCUT2D eigenvalue weighted by atomic mass is 16.5. The Morgan fingerprint density at radius 1 is 1.24 bits per heavy atom. The Kier molecular flexibility index (Phi) is 6.53. The van der Waals surface area contributed by atoms with Crippen molar-refractivity contribution in [3.8, 4) is 0 Å². The third kappa shape index (κ3) is 5.05. The molecule has 0 fully saturated rings. The summed E-state index contributed by atoms with van der Waals surface area (Å²) in [6.07, 6.45) is 1.42. The molecule has 1 aromatic carbocycles. The van der Waals surface area contributed by atoms with Gasteiger partial charge in [-0.25, -0.2) is 14.8 Å². The predicted molar refractivity (Wildman–Crippen MR) is 97.1 cm³/mol. The van der Waals surface area contributed by atoms with Crippen LogP contribution < -0.4 is 16.4 Å². The Morgan fingerprint density at radius 3 is 2.56 bits per heavy atom. The Morgan fingerprint density at radius 2 is 1.92 bits per heavy atom. The van der Waals surface area contributed by atoms with Crippen LogP contribution in [0.15, 0.2) is 30.6 Å². The summed E-state index contributed by atoms with van der Waals surface area (Å²) in [4.78, 5) is 20.0. The van der Waals surface area contributed by atoms with E-state index in [1.165, 1.54) is 6.33 Å². The normalized spacial score (nSPS) is 11.6. The zero-order valence-electron chi connectivity index (χ0n) is 14.6. The third-order valence-electron chi connectivity index (χ3n) is 3.34. The minimum atomic E-state index is -0.353. The zero-order chi connectivity index (χ0) is 18.2. The molecule has 0 spiro atoms. The van der Waals surface area contributed by atoms with Crippen molar-refractivity contribution in [3.05, 3.63) is 36.2 Å². The van der Waals surface area contributed by atoms with E-state index < -0.39 is 0 Å². The van der Waals surface area contributed by atoms with E-state index in [-0.39, 0.29) is 12.0 Å². The van der Waals surface area contributed by atoms with E-state index in [0.717, 1.165) is 5.69 Å². The number of anilines is 4. The van der Waals surface area contributed by atoms with E-state index in [1.54, 1.807) is 38.3 Å². The first-order valence-electron chi connectivity index (χ1n) is 7.95. The minimum Gasteiger partial charge on any atom is -0.462 e.